The van der Waals surface area contributed by atoms with Crippen LogP contribution in [0.2, 0.25) is 5.02 Å². The van der Waals surface area contributed by atoms with Gasteiger partial charge < -0.3 is 10.1 Å². The average Bonchev–Trinajstić information content (AvgIpc) is 2.75. The smallest absolute Gasteiger partial charge is 0.339 e. The minimum atomic E-state index is -1.16. The second-order valence-electron chi connectivity index (χ2n) is 6.39. The zero-order valence-electron chi connectivity index (χ0n) is 15.6. The standard InChI is InChI=1S/C23H18ClNO4/c1-15-7-12-19(13-20(15)24)25-22(27)21(17-5-3-2-4-6-17)29-23(28)18-10-8-16(14-26)9-11-18/h2-14,21H,1H3,(H,25,27)/t21-/m1/s1. The maximum Gasteiger partial charge on any atom is 0.339 e. The van der Waals surface area contributed by atoms with Crippen molar-refractivity contribution in [3.05, 3.63) is 100 Å². The van der Waals surface area contributed by atoms with Crippen molar-refractivity contribution in [1.29, 1.82) is 0 Å². The Balaban J connectivity index is 1.83. The maximum absolute atomic E-state index is 12.9. The first-order valence-electron chi connectivity index (χ1n) is 8.86. The summed E-state index contributed by atoms with van der Waals surface area (Å²) in [6, 6.07) is 19.8. The lowest BCUT2D eigenvalue weighted by atomic mass is 10.1. The predicted octanol–water partition coefficient (Wildman–Crippen LogP) is 5.00. The molecule has 0 unspecified atom stereocenters. The van der Waals surface area contributed by atoms with Gasteiger partial charge in [0.1, 0.15) is 6.29 Å². The Bertz CT molecular complexity index is 1030. The molecule has 0 aliphatic rings. The van der Waals surface area contributed by atoms with Crippen LogP contribution in [0.5, 0.6) is 0 Å². The van der Waals surface area contributed by atoms with Gasteiger partial charge in [0.2, 0.25) is 6.10 Å². The van der Waals surface area contributed by atoms with E-state index in [0.717, 1.165) is 5.56 Å². The van der Waals surface area contributed by atoms with Crippen molar-refractivity contribution >= 4 is 35.5 Å². The number of ether oxygens (including phenoxy) is 1. The molecule has 0 fully saturated rings. The second kappa shape index (κ2) is 9.17. The summed E-state index contributed by atoms with van der Waals surface area (Å²) in [5.41, 5.74) is 2.59. The van der Waals surface area contributed by atoms with Crippen LogP contribution in [0.4, 0.5) is 5.69 Å². The first-order chi connectivity index (χ1) is 14.0. The maximum atomic E-state index is 12.9. The lowest BCUT2D eigenvalue weighted by molar-refractivity contribution is -0.125. The number of halogens is 1. The van der Waals surface area contributed by atoms with Crippen LogP contribution in [0, 0.1) is 6.92 Å². The number of hydrogen-bond donors (Lipinski definition) is 1. The number of carbonyl (C=O) groups excluding carboxylic acids is 3. The molecule has 6 heteroatoms. The molecule has 0 saturated carbocycles. The van der Waals surface area contributed by atoms with Gasteiger partial charge in [0.25, 0.3) is 5.91 Å². The molecule has 29 heavy (non-hydrogen) atoms. The monoisotopic (exact) mass is 407 g/mol. The fraction of sp³-hybridized carbons (Fsp3) is 0.0870. The summed E-state index contributed by atoms with van der Waals surface area (Å²) in [5.74, 6) is -1.18. The van der Waals surface area contributed by atoms with Crippen molar-refractivity contribution < 1.29 is 19.1 Å². The van der Waals surface area contributed by atoms with Gasteiger partial charge >= 0.3 is 5.97 Å². The summed E-state index contributed by atoms with van der Waals surface area (Å²) in [4.78, 5) is 36.3. The molecule has 0 heterocycles. The Kier molecular flexibility index (Phi) is 6.42. The van der Waals surface area contributed by atoms with Crippen LogP contribution in [0.15, 0.2) is 72.8 Å². The summed E-state index contributed by atoms with van der Waals surface area (Å²) >= 11 is 6.12. The lowest BCUT2D eigenvalue weighted by Gasteiger charge is -2.18. The molecule has 3 aromatic rings. The third-order valence-corrected chi connectivity index (χ3v) is 4.69. The zero-order chi connectivity index (χ0) is 20.8. The highest BCUT2D eigenvalue weighted by molar-refractivity contribution is 6.31. The molecule has 3 aromatic carbocycles. The number of aryl methyl sites for hydroxylation is 1. The topological polar surface area (TPSA) is 72.5 Å². The Hall–Kier alpha value is -3.44. The van der Waals surface area contributed by atoms with Crippen molar-refractivity contribution in [2.24, 2.45) is 0 Å². The van der Waals surface area contributed by atoms with Gasteiger partial charge in [-0.05, 0) is 36.8 Å². The summed E-state index contributed by atoms with van der Waals surface area (Å²) in [6.45, 7) is 1.86. The van der Waals surface area contributed by atoms with E-state index < -0.39 is 18.0 Å². The van der Waals surface area contributed by atoms with Crippen molar-refractivity contribution in [2.75, 3.05) is 5.32 Å². The normalized spacial score (nSPS) is 11.4. The highest BCUT2D eigenvalue weighted by atomic mass is 35.5. The predicted molar refractivity (Wildman–Crippen MR) is 111 cm³/mol. The summed E-state index contributed by atoms with van der Waals surface area (Å²) in [6.07, 6.45) is -0.475. The largest absolute Gasteiger partial charge is 0.444 e. The number of nitrogens with one attached hydrogen (secondary N) is 1. The van der Waals surface area contributed by atoms with Crippen LogP contribution >= 0.6 is 11.6 Å². The minimum Gasteiger partial charge on any atom is -0.444 e. The van der Waals surface area contributed by atoms with E-state index in [1.165, 1.54) is 24.3 Å². The van der Waals surface area contributed by atoms with Gasteiger partial charge in [-0.2, -0.15) is 0 Å². The van der Waals surface area contributed by atoms with E-state index in [4.69, 9.17) is 16.3 Å². The molecule has 0 aromatic heterocycles. The van der Waals surface area contributed by atoms with E-state index in [-0.39, 0.29) is 5.56 Å². The van der Waals surface area contributed by atoms with Gasteiger partial charge in [0.05, 0.1) is 5.56 Å². The van der Waals surface area contributed by atoms with Gasteiger partial charge in [0.15, 0.2) is 0 Å². The number of hydrogen-bond acceptors (Lipinski definition) is 4. The molecule has 3 rings (SSSR count). The highest BCUT2D eigenvalue weighted by Crippen LogP contribution is 2.24. The van der Waals surface area contributed by atoms with Gasteiger partial charge in [-0.1, -0.05) is 60.1 Å². The van der Waals surface area contributed by atoms with E-state index in [9.17, 15) is 14.4 Å². The first-order valence-corrected chi connectivity index (χ1v) is 9.24. The van der Waals surface area contributed by atoms with Crippen molar-refractivity contribution in [3.63, 3.8) is 0 Å². The Morgan fingerprint density at radius 3 is 2.31 bits per heavy atom. The number of esters is 1. The molecular formula is C23H18ClNO4. The molecule has 0 aliphatic carbocycles. The van der Waals surface area contributed by atoms with Crippen molar-refractivity contribution in [1.82, 2.24) is 0 Å². The third kappa shape index (κ3) is 5.09. The van der Waals surface area contributed by atoms with Crippen LogP contribution in [-0.2, 0) is 9.53 Å². The number of benzene rings is 3. The van der Waals surface area contributed by atoms with E-state index in [1.54, 1.807) is 48.5 Å². The van der Waals surface area contributed by atoms with E-state index >= 15 is 0 Å². The molecule has 146 valence electrons. The van der Waals surface area contributed by atoms with Gasteiger partial charge in [0, 0.05) is 21.8 Å². The van der Waals surface area contributed by atoms with Crippen LogP contribution in [0.25, 0.3) is 0 Å². The minimum absolute atomic E-state index is 0.239. The molecule has 0 saturated heterocycles. The molecule has 5 nitrogen and oxygen atoms in total. The fourth-order valence-electron chi connectivity index (χ4n) is 2.65. The zero-order valence-corrected chi connectivity index (χ0v) is 16.3. The molecule has 0 aliphatic heterocycles. The lowest BCUT2D eigenvalue weighted by Crippen LogP contribution is -2.26. The molecule has 1 N–H and O–H groups in total. The summed E-state index contributed by atoms with van der Waals surface area (Å²) < 4.78 is 5.51. The van der Waals surface area contributed by atoms with E-state index in [1.807, 2.05) is 6.92 Å². The number of rotatable bonds is 6. The second-order valence-corrected chi connectivity index (χ2v) is 6.80. The first kappa shape index (κ1) is 20.3. The molecule has 0 bridgehead atoms. The number of aldehydes is 1. The molecule has 1 amide bonds. The molecular weight excluding hydrogens is 390 g/mol. The van der Waals surface area contributed by atoms with Crippen LogP contribution in [-0.4, -0.2) is 18.2 Å². The average molecular weight is 408 g/mol. The van der Waals surface area contributed by atoms with E-state index in [0.29, 0.717) is 28.1 Å². The van der Waals surface area contributed by atoms with Crippen molar-refractivity contribution in [3.8, 4) is 0 Å². The SMILES string of the molecule is Cc1ccc(NC(=O)[C@H](OC(=O)c2ccc(C=O)cc2)c2ccccc2)cc1Cl. The summed E-state index contributed by atoms with van der Waals surface area (Å²) in [7, 11) is 0. The molecule has 0 spiro atoms. The quantitative estimate of drug-likeness (QED) is 0.461. The van der Waals surface area contributed by atoms with Gasteiger partial charge in [-0.3, -0.25) is 9.59 Å². The molecule has 1 atom stereocenters. The Morgan fingerprint density at radius 1 is 1.00 bits per heavy atom. The van der Waals surface area contributed by atoms with E-state index in [2.05, 4.69) is 5.32 Å². The highest BCUT2D eigenvalue weighted by Gasteiger charge is 2.26. The van der Waals surface area contributed by atoms with Crippen LogP contribution in [0.3, 0.4) is 0 Å². The number of carbonyl (C=O) groups is 3. The Morgan fingerprint density at radius 2 is 1.69 bits per heavy atom. The van der Waals surface area contributed by atoms with Crippen LogP contribution < -0.4 is 5.32 Å². The third-order valence-electron chi connectivity index (χ3n) is 4.29. The van der Waals surface area contributed by atoms with Crippen molar-refractivity contribution in [2.45, 2.75) is 13.0 Å². The van der Waals surface area contributed by atoms with Crippen LogP contribution in [0.1, 0.15) is 37.9 Å². The molecule has 0 radical (unpaired) electrons. The van der Waals surface area contributed by atoms with Gasteiger partial charge in [-0.25, -0.2) is 4.79 Å². The Labute approximate surface area is 173 Å². The fourth-order valence-corrected chi connectivity index (χ4v) is 2.83. The van der Waals surface area contributed by atoms with Gasteiger partial charge in [-0.15, -0.1) is 0 Å². The number of amides is 1. The summed E-state index contributed by atoms with van der Waals surface area (Å²) in [5, 5.41) is 3.26. The number of anilines is 1.